The SMILES string of the molecule is CC=CC.CCc1ccccc1. The van der Waals surface area contributed by atoms with Crippen LogP contribution in [0, 0.1) is 0 Å². The largest absolute Gasteiger partial charge is 0.0919 e. The maximum Gasteiger partial charge on any atom is -0.0307 e. The normalized spacial score (nSPS) is 9.25. The van der Waals surface area contributed by atoms with E-state index in [0.29, 0.717) is 0 Å². The Morgan fingerprint density at radius 2 is 1.50 bits per heavy atom. The third-order valence-corrected chi connectivity index (χ3v) is 1.58. The van der Waals surface area contributed by atoms with Crippen LogP contribution < -0.4 is 0 Å². The van der Waals surface area contributed by atoms with E-state index in [1.54, 1.807) is 0 Å². The number of allylic oxidation sites excluding steroid dienone is 2. The molecule has 0 aliphatic carbocycles. The van der Waals surface area contributed by atoms with E-state index in [1.165, 1.54) is 5.56 Å². The van der Waals surface area contributed by atoms with Gasteiger partial charge in [-0.25, -0.2) is 0 Å². The van der Waals surface area contributed by atoms with Crippen molar-refractivity contribution in [2.45, 2.75) is 27.2 Å². The lowest BCUT2D eigenvalue weighted by Gasteiger charge is -1.89. The molecule has 0 saturated carbocycles. The van der Waals surface area contributed by atoms with Gasteiger partial charge in [0.25, 0.3) is 0 Å². The Morgan fingerprint density at radius 1 is 1.00 bits per heavy atom. The van der Waals surface area contributed by atoms with Gasteiger partial charge in [0.2, 0.25) is 0 Å². The van der Waals surface area contributed by atoms with Gasteiger partial charge < -0.3 is 0 Å². The zero-order valence-electron chi connectivity index (χ0n) is 8.25. The molecule has 0 nitrogen and oxygen atoms in total. The maximum absolute atomic E-state index is 2.16. The Kier molecular flexibility index (Phi) is 7.36. The molecule has 0 aromatic heterocycles. The molecule has 0 heterocycles. The summed E-state index contributed by atoms with van der Waals surface area (Å²) in [5.74, 6) is 0. The number of hydrogen-bond donors (Lipinski definition) is 0. The summed E-state index contributed by atoms with van der Waals surface area (Å²) in [7, 11) is 0. The average Bonchev–Trinajstić information content (AvgIpc) is 2.19. The molecule has 1 aromatic carbocycles. The first-order valence-electron chi connectivity index (χ1n) is 4.46. The molecule has 0 aliphatic heterocycles. The molecule has 0 aliphatic rings. The van der Waals surface area contributed by atoms with E-state index in [-0.39, 0.29) is 0 Å². The van der Waals surface area contributed by atoms with Gasteiger partial charge >= 0.3 is 0 Å². The molecule has 1 aromatic rings. The highest BCUT2D eigenvalue weighted by molar-refractivity contribution is 5.13. The average molecular weight is 162 g/mol. The summed E-state index contributed by atoms with van der Waals surface area (Å²) in [6, 6.07) is 10.5. The molecule has 66 valence electrons. The van der Waals surface area contributed by atoms with Crippen molar-refractivity contribution >= 4 is 0 Å². The molecular weight excluding hydrogens is 144 g/mol. The standard InChI is InChI=1S/C8H10.C4H8/c1-2-8-6-4-3-5-7-8;1-3-4-2/h3-7H,2H2,1H3;3-4H,1-2H3. The monoisotopic (exact) mass is 162 g/mol. The number of rotatable bonds is 1. The molecule has 0 unspecified atom stereocenters. The first-order valence-corrected chi connectivity index (χ1v) is 4.46. The summed E-state index contributed by atoms with van der Waals surface area (Å²) in [6.07, 6.45) is 5.14. The third-order valence-electron chi connectivity index (χ3n) is 1.58. The minimum Gasteiger partial charge on any atom is -0.0919 e. The van der Waals surface area contributed by atoms with Gasteiger partial charge in [-0.2, -0.15) is 0 Å². The lowest BCUT2D eigenvalue weighted by atomic mass is 10.2. The first-order chi connectivity index (χ1) is 5.85. The highest BCUT2D eigenvalue weighted by atomic mass is 13.9. The molecule has 0 fully saturated rings. The van der Waals surface area contributed by atoms with Crippen LogP contribution in [0.4, 0.5) is 0 Å². The molecule has 0 saturated heterocycles. The summed E-state index contributed by atoms with van der Waals surface area (Å²) in [6.45, 7) is 6.16. The zero-order valence-corrected chi connectivity index (χ0v) is 8.25. The zero-order chi connectivity index (χ0) is 9.23. The summed E-state index contributed by atoms with van der Waals surface area (Å²) in [5.41, 5.74) is 1.41. The topological polar surface area (TPSA) is 0 Å². The fourth-order valence-electron chi connectivity index (χ4n) is 0.714. The second kappa shape index (κ2) is 8.06. The molecule has 0 atom stereocenters. The van der Waals surface area contributed by atoms with Crippen LogP contribution >= 0.6 is 0 Å². The van der Waals surface area contributed by atoms with Crippen LogP contribution in [0.1, 0.15) is 26.3 Å². The van der Waals surface area contributed by atoms with Gasteiger partial charge in [-0.1, -0.05) is 49.4 Å². The molecular formula is C12H18. The second-order valence-corrected chi connectivity index (χ2v) is 2.51. The van der Waals surface area contributed by atoms with Crippen molar-refractivity contribution in [3.05, 3.63) is 48.0 Å². The molecule has 0 amide bonds. The van der Waals surface area contributed by atoms with Crippen molar-refractivity contribution in [1.82, 2.24) is 0 Å². The van der Waals surface area contributed by atoms with Crippen molar-refractivity contribution in [3.8, 4) is 0 Å². The summed E-state index contributed by atoms with van der Waals surface area (Å²) < 4.78 is 0. The summed E-state index contributed by atoms with van der Waals surface area (Å²) in [5, 5.41) is 0. The fraction of sp³-hybridized carbons (Fsp3) is 0.333. The van der Waals surface area contributed by atoms with E-state index >= 15 is 0 Å². The minimum absolute atomic E-state index is 1.14. The van der Waals surface area contributed by atoms with Crippen molar-refractivity contribution in [2.24, 2.45) is 0 Å². The van der Waals surface area contributed by atoms with E-state index in [0.717, 1.165) is 6.42 Å². The van der Waals surface area contributed by atoms with E-state index in [4.69, 9.17) is 0 Å². The second-order valence-electron chi connectivity index (χ2n) is 2.51. The molecule has 0 heteroatoms. The molecule has 1 rings (SSSR count). The molecule has 0 spiro atoms. The van der Waals surface area contributed by atoms with Crippen LogP contribution in [0.5, 0.6) is 0 Å². The summed E-state index contributed by atoms with van der Waals surface area (Å²) in [4.78, 5) is 0. The van der Waals surface area contributed by atoms with E-state index in [9.17, 15) is 0 Å². The number of aryl methyl sites for hydroxylation is 1. The van der Waals surface area contributed by atoms with Crippen LogP contribution in [-0.4, -0.2) is 0 Å². The van der Waals surface area contributed by atoms with E-state index < -0.39 is 0 Å². The third kappa shape index (κ3) is 5.72. The lowest BCUT2D eigenvalue weighted by Crippen LogP contribution is -1.73. The van der Waals surface area contributed by atoms with Gasteiger partial charge in [0.15, 0.2) is 0 Å². The van der Waals surface area contributed by atoms with Crippen molar-refractivity contribution in [2.75, 3.05) is 0 Å². The smallest absolute Gasteiger partial charge is 0.0307 e. The van der Waals surface area contributed by atoms with Gasteiger partial charge in [0.1, 0.15) is 0 Å². The van der Waals surface area contributed by atoms with Gasteiger partial charge in [-0.05, 0) is 25.8 Å². The predicted octanol–water partition coefficient (Wildman–Crippen LogP) is 3.83. The molecule has 0 radical (unpaired) electrons. The van der Waals surface area contributed by atoms with Crippen molar-refractivity contribution in [1.29, 1.82) is 0 Å². The van der Waals surface area contributed by atoms with Crippen molar-refractivity contribution in [3.63, 3.8) is 0 Å². The van der Waals surface area contributed by atoms with Gasteiger partial charge in [-0.3, -0.25) is 0 Å². The Labute approximate surface area is 75.9 Å². The highest BCUT2D eigenvalue weighted by Gasteiger charge is 1.79. The van der Waals surface area contributed by atoms with Crippen LogP contribution in [0.3, 0.4) is 0 Å². The number of benzene rings is 1. The minimum atomic E-state index is 1.14. The highest BCUT2D eigenvalue weighted by Crippen LogP contribution is 1.96. The Hall–Kier alpha value is -1.04. The Balaban J connectivity index is 0.000000261. The van der Waals surface area contributed by atoms with Crippen LogP contribution in [0.2, 0.25) is 0 Å². The van der Waals surface area contributed by atoms with E-state index in [1.807, 2.05) is 32.1 Å². The van der Waals surface area contributed by atoms with Crippen LogP contribution in [0.15, 0.2) is 42.5 Å². The maximum atomic E-state index is 2.16. The molecule has 0 N–H and O–H groups in total. The van der Waals surface area contributed by atoms with Crippen molar-refractivity contribution < 1.29 is 0 Å². The molecule has 12 heavy (non-hydrogen) atoms. The fourth-order valence-corrected chi connectivity index (χ4v) is 0.714. The Morgan fingerprint density at radius 3 is 1.75 bits per heavy atom. The quantitative estimate of drug-likeness (QED) is 0.550. The summed E-state index contributed by atoms with van der Waals surface area (Å²) >= 11 is 0. The predicted molar refractivity (Wildman–Crippen MR) is 56.3 cm³/mol. The Bertz CT molecular complexity index is 193. The van der Waals surface area contributed by atoms with Crippen LogP contribution in [-0.2, 0) is 6.42 Å². The number of hydrogen-bond acceptors (Lipinski definition) is 0. The van der Waals surface area contributed by atoms with Gasteiger partial charge in [-0.15, -0.1) is 0 Å². The van der Waals surface area contributed by atoms with Gasteiger partial charge in [0.05, 0.1) is 0 Å². The van der Waals surface area contributed by atoms with Crippen LogP contribution in [0.25, 0.3) is 0 Å². The van der Waals surface area contributed by atoms with Gasteiger partial charge in [0, 0.05) is 0 Å². The lowest BCUT2D eigenvalue weighted by molar-refractivity contribution is 1.14. The van der Waals surface area contributed by atoms with E-state index in [2.05, 4.69) is 31.2 Å². The first kappa shape index (κ1) is 11.0. The molecule has 0 bridgehead atoms.